The molecule has 0 aliphatic carbocycles. The maximum Gasteiger partial charge on any atom is 0.166 e. The van der Waals surface area contributed by atoms with Crippen LogP contribution in [0.4, 0.5) is 0 Å². The van der Waals surface area contributed by atoms with Crippen molar-refractivity contribution in [2.45, 2.75) is 27.7 Å². The van der Waals surface area contributed by atoms with E-state index >= 15 is 0 Å². The predicted molar refractivity (Wildman–Crippen MR) is 47.1 cm³/mol. The molecule has 0 aliphatic heterocycles. The zero-order valence-electron chi connectivity index (χ0n) is 6.86. The van der Waals surface area contributed by atoms with Gasteiger partial charge in [-0.2, -0.15) is 0 Å². The summed E-state index contributed by atoms with van der Waals surface area (Å²) in [5, 5.41) is 0. The third-order valence-corrected chi connectivity index (χ3v) is 1.68. The zero-order valence-corrected chi connectivity index (χ0v) is 8.45. The van der Waals surface area contributed by atoms with Gasteiger partial charge in [0.15, 0.2) is 5.78 Å². The third kappa shape index (κ3) is 4.74. The molecule has 0 spiro atoms. The lowest BCUT2D eigenvalue weighted by atomic mass is 9.96. The van der Waals surface area contributed by atoms with E-state index in [0.29, 0.717) is 4.48 Å². The highest BCUT2D eigenvalue weighted by Crippen LogP contribution is 2.20. The molecule has 0 aromatic heterocycles. The average Bonchev–Trinajstić information content (AvgIpc) is 1.60. The predicted octanol–water partition coefficient (Wildman–Crippen LogP) is 2.90. The number of rotatable bonds is 1. The van der Waals surface area contributed by atoms with Crippen molar-refractivity contribution in [3.8, 4) is 0 Å². The number of Topliss-reactive ketones (excluding diaryl/α,β-unsaturated/α-hetero) is 1. The van der Waals surface area contributed by atoms with Gasteiger partial charge in [0.25, 0.3) is 0 Å². The molecule has 0 saturated carbocycles. The van der Waals surface area contributed by atoms with E-state index < -0.39 is 0 Å². The lowest BCUT2D eigenvalue weighted by molar-refractivity contribution is -0.112. The van der Waals surface area contributed by atoms with E-state index in [4.69, 9.17) is 0 Å². The second-order valence-corrected chi connectivity index (χ2v) is 4.27. The molecule has 2 heteroatoms. The van der Waals surface area contributed by atoms with E-state index in [9.17, 15) is 4.79 Å². The Morgan fingerprint density at radius 3 is 1.90 bits per heavy atom. The van der Waals surface area contributed by atoms with Crippen LogP contribution < -0.4 is 0 Å². The second kappa shape index (κ2) is 3.33. The summed E-state index contributed by atoms with van der Waals surface area (Å²) in [5.41, 5.74) is 0.0739. The van der Waals surface area contributed by atoms with Gasteiger partial charge in [0.2, 0.25) is 0 Å². The zero-order chi connectivity index (χ0) is 8.36. The van der Waals surface area contributed by atoms with Crippen molar-refractivity contribution in [3.63, 3.8) is 0 Å². The molecule has 0 amide bonds. The first kappa shape index (κ1) is 9.89. The Kier molecular flexibility index (Phi) is 3.29. The Hall–Kier alpha value is -0.110. The fourth-order valence-corrected chi connectivity index (χ4v) is 1.17. The molecular formula is C8H13BrO. The summed E-state index contributed by atoms with van der Waals surface area (Å²) in [6, 6.07) is 0. The molecule has 1 nitrogen and oxygen atoms in total. The molecule has 0 fully saturated rings. The minimum absolute atomic E-state index is 0.0739. The van der Waals surface area contributed by atoms with E-state index in [2.05, 4.69) is 36.7 Å². The van der Waals surface area contributed by atoms with E-state index in [1.54, 1.807) is 6.92 Å². The standard InChI is InChI=1S/C8H13BrO/c1-6(10)7(9)5-8(2,3)4/h5H,1-4H3. The van der Waals surface area contributed by atoms with Gasteiger partial charge in [-0.1, -0.05) is 26.8 Å². The van der Waals surface area contributed by atoms with Crippen LogP contribution in [0, 0.1) is 5.41 Å². The minimum Gasteiger partial charge on any atom is -0.294 e. The average molecular weight is 205 g/mol. The molecule has 0 aromatic rings. The van der Waals surface area contributed by atoms with Gasteiger partial charge in [-0.25, -0.2) is 0 Å². The fourth-order valence-electron chi connectivity index (χ4n) is 0.482. The minimum atomic E-state index is 0.0739. The van der Waals surface area contributed by atoms with Crippen LogP contribution in [0.25, 0.3) is 0 Å². The van der Waals surface area contributed by atoms with Gasteiger partial charge in [0.1, 0.15) is 0 Å². The summed E-state index contributed by atoms with van der Waals surface area (Å²) in [6.45, 7) is 7.71. The normalized spacial score (nSPS) is 13.5. The van der Waals surface area contributed by atoms with Crippen LogP contribution in [-0.2, 0) is 4.79 Å². The van der Waals surface area contributed by atoms with E-state index in [-0.39, 0.29) is 11.2 Å². The Morgan fingerprint density at radius 1 is 1.40 bits per heavy atom. The van der Waals surface area contributed by atoms with Gasteiger partial charge in [-0.3, -0.25) is 4.79 Å². The highest BCUT2D eigenvalue weighted by Gasteiger charge is 2.08. The lowest BCUT2D eigenvalue weighted by Crippen LogP contribution is -2.02. The summed E-state index contributed by atoms with van der Waals surface area (Å²) >= 11 is 3.19. The monoisotopic (exact) mass is 204 g/mol. The molecule has 0 aliphatic rings. The number of hydrogen-bond acceptors (Lipinski definition) is 1. The van der Waals surface area contributed by atoms with Crippen LogP contribution in [0.1, 0.15) is 27.7 Å². The number of hydrogen-bond donors (Lipinski definition) is 0. The molecule has 0 atom stereocenters. The van der Waals surface area contributed by atoms with Crippen LogP contribution >= 0.6 is 15.9 Å². The van der Waals surface area contributed by atoms with Gasteiger partial charge in [0.05, 0.1) is 4.48 Å². The largest absolute Gasteiger partial charge is 0.294 e. The molecule has 0 aromatic carbocycles. The maximum absolute atomic E-state index is 10.7. The van der Waals surface area contributed by atoms with E-state index in [1.165, 1.54) is 0 Å². The maximum atomic E-state index is 10.7. The Bertz CT molecular complexity index is 163. The first-order chi connectivity index (χ1) is 4.33. The van der Waals surface area contributed by atoms with Crippen LogP contribution in [-0.4, -0.2) is 5.78 Å². The van der Waals surface area contributed by atoms with Crippen molar-refractivity contribution in [1.29, 1.82) is 0 Å². The Morgan fingerprint density at radius 2 is 1.80 bits per heavy atom. The molecule has 58 valence electrons. The SMILES string of the molecule is CC(=O)C(Br)=CC(C)(C)C. The van der Waals surface area contributed by atoms with Crippen molar-refractivity contribution in [2.75, 3.05) is 0 Å². The first-order valence-corrected chi connectivity index (χ1v) is 4.01. The molecule has 10 heavy (non-hydrogen) atoms. The van der Waals surface area contributed by atoms with Gasteiger partial charge in [-0.05, 0) is 28.3 Å². The summed E-state index contributed by atoms with van der Waals surface area (Å²) in [6.07, 6.45) is 1.91. The molecule has 0 heterocycles. The third-order valence-electron chi connectivity index (χ3n) is 0.896. The van der Waals surface area contributed by atoms with Crippen molar-refractivity contribution >= 4 is 21.7 Å². The van der Waals surface area contributed by atoms with E-state index in [0.717, 1.165) is 0 Å². The summed E-state index contributed by atoms with van der Waals surface area (Å²) in [4.78, 5) is 10.7. The molecule has 0 bridgehead atoms. The number of halogens is 1. The van der Waals surface area contributed by atoms with Crippen LogP contribution in [0.5, 0.6) is 0 Å². The van der Waals surface area contributed by atoms with Gasteiger partial charge < -0.3 is 0 Å². The van der Waals surface area contributed by atoms with E-state index in [1.807, 2.05) is 6.08 Å². The Balaban J connectivity index is 4.32. The topological polar surface area (TPSA) is 17.1 Å². The number of ketones is 1. The summed E-state index contributed by atoms with van der Waals surface area (Å²) in [5.74, 6) is 0.0786. The fraction of sp³-hybridized carbons (Fsp3) is 0.625. The van der Waals surface area contributed by atoms with Crippen molar-refractivity contribution in [3.05, 3.63) is 10.6 Å². The quantitative estimate of drug-likeness (QED) is 0.601. The van der Waals surface area contributed by atoms with Gasteiger partial charge in [-0.15, -0.1) is 0 Å². The molecule has 0 rings (SSSR count). The summed E-state index contributed by atoms with van der Waals surface area (Å²) < 4.78 is 0.667. The number of allylic oxidation sites excluding steroid dienone is 2. The van der Waals surface area contributed by atoms with Gasteiger partial charge >= 0.3 is 0 Å². The molecule has 0 radical (unpaired) electrons. The molecular weight excluding hydrogens is 192 g/mol. The van der Waals surface area contributed by atoms with Crippen LogP contribution in [0.15, 0.2) is 10.6 Å². The molecule has 0 unspecified atom stereocenters. The number of carbonyl (C=O) groups is 1. The van der Waals surface area contributed by atoms with Crippen molar-refractivity contribution in [1.82, 2.24) is 0 Å². The highest BCUT2D eigenvalue weighted by molar-refractivity contribution is 9.12. The summed E-state index contributed by atoms with van der Waals surface area (Å²) in [7, 11) is 0. The Labute approximate surface area is 70.6 Å². The number of carbonyl (C=O) groups excluding carboxylic acids is 1. The second-order valence-electron chi connectivity index (χ2n) is 3.41. The van der Waals surface area contributed by atoms with Crippen LogP contribution in [0.3, 0.4) is 0 Å². The lowest BCUT2D eigenvalue weighted by Gasteiger charge is -2.11. The molecule has 0 saturated heterocycles. The first-order valence-electron chi connectivity index (χ1n) is 3.22. The van der Waals surface area contributed by atoms with Crippen molar-refractivity contribution < 1.29 is 4.79 Å². The van der Waals surface area contributed by atoms with Gasteiger partial charge in [0, 0.05) is 0 Å². The van der Waals surface area contributed by atoms with Crippen molar-refractivity contribution in [2.24, 2.45) is 5.41 Å². The molecule has 0 N–H and O–H groups in total. The smallest absolute Gasteiger partial charge is 0.166 e. The highest BCUT2D eigenvalue weighted by atomic mass is 79.9. The van der Waals surface area contributed by atoms with Crippen LogP contribution in [0.2, 0.25) is 0 Å².